The lowest BCUT2D eigenvalue weighted by atomic mass is 10.2. The first-order valence-corrected chi connectivity index (χ1v) is 3.73. The Kier molecular flexibility index (Phi) is 4.17. The minimum atomic E-state index is -2.50. The van der Waals surface area contributed by atoms with Gasteiger partial charge in [-0.3, -0.25) is 9.00 Å². The maximum atomic E-state index is 10.1. The fraction of sp³-hybridized carbons (Fsp3) is 0.750. The predicted molar refractivity (Wildman–Crippen MR) is 33.8 cm³/mol. The van der Waals surface area contributed by atoms with Crippen molar-refractivity contribution in [2.24, 2.45) is 0 Å². The quantitative estimate of drug-likeness (QED) is 0.537. The number of hydrogen-bond donors (Lipinski definition) is 2. The van der Waals surface area contributed by atoms with Crippen molar-refractivity contribution < 1.29 is 18.7 Å². The summed E-state index contributed by atoms with van der Waals surface area (Å²) in [6, 6.07) is -1.00. The summed E-state index contributed by atoms with van der Waals surface area (Å²) in [4.78, 5) is 10.1. The molecule has 0 aromatic heterocycles. The number of nitrogens with one attached hydrogen (secondary N) is 1. The van der Waals surface area contributed by atoms with Gasteiger partial charge in [-0.15, -0.1) is 0 Å². The second kappa shape index (κ2) is 4.37. The highest BCUT2D eigenvalue weighted by molar-refractivity contribution is 7.77. The van der Waals surface area contributed by atoms with Gasteiger partial charge in [-0.1, -0.05) is 6.92 Å². The number of carboxylic acid groups (broad SMARTS) is 1. The van der Waals surface area contributed by atoms with Gasteiger partial charge in [0.15, 0.2) is 0 Å². The number of hydrogen-bond acceptors (Lipinski definition) is 3. The first-order chi connectivity index (χ1) is 4.57. The monoisotopic (exact) mass is 166 g/mol. The number of aliphatic carboxylic acids is 1. The van der Waals surface area contributed by atoms with E-state index in [1.165, 1.54) is 0 Å². The van der Waals surface area contributed by atoms with Gasteiger partial charge in [-0.2, -0.15) is 0 Å². The molecule has 6 heteroatoms. The first-order valence-electron chi connectivity index (χ1n) is 2.66. The lowest BCUT2D eigenvalue weighted by molar-refractivity contribution is -0.139. The van der Waals surface area contributed by atoms with Crippen LogP contribution in [0.3, 0.4) is 0 Å². The Morgan fingerprint density at radius 2 is 2.40 bits per heavy atom. The van der Waals surface area contributed by atoms with E-state index in [9.17, 15) is 13.6 Å². The third-order valence-corrected chi connectivity index (χ3v) is 1.42. The molecule has 0 amide bonds. The Hall–Kier alpha value is -0.460. The van der Waals surface area contributed by atoms with Crippen LogP contribution in [0.5, 0.6) is 0 Å². The fourth-order valence-corrected chi connectivity index (χ4v) is 0.924. The van der Waals surface area contributed by atoms with Gasteiger partial charge in [0, 0.05) is 11.3 Å². The average Bonchev–Trinajstić information content (AvgIpc) is 1.81. The molecule has 0 fully saturated rings. The van der Waals surface area contributed by atoms with Crippen molar-refractivity contribution >= 4 is 17.2 Å². The molecule has 0 saturated carbocycles. The van der Waals surface area contributed by atoms with Crippen molar-refractivity contribution in [3.05, 3.63) is 0 Å². The molecule has 0 radical (unpaired) electrons. The van der Waals surface area contributed by atoms with Crippen LogP contribution in [0.2, 0.25) is 0 Å². The van der Waals surface area contributed by atoms with Gasteiger partial charge in [0.1, 0.15) is 6.04 Å². The van der Waals surface area contributed by atoms with Gasteiger partial charge in [-0.25, -0.2) is 4.72 Å². The van der Waals surface area contributed by atoms with Crippen LogP contribution in [0.4, 0.5) is 0 Å². The van der Waals surface area contributed by atoms with E-state index >= 15 is 0 Å². The summed E-state index contributed by atoms with van der Waals surface area (Å²) in [5.74, 6) is -1.16. The highest BCUT2D eigenvalue weighted by Gasteiger charge is 2.13. The molecule has 0 saturated heterocycles. The molecule has 60 valence electrons. The van der Waals surface area contributed by atoms with Crippen molar-refractivity contribution in [1.29, 1.82) is 0 Å². The minimum absolute atomic E-state index is 0.239. The third kappa shape index (κ3) is 3.54. The van der Waals surface area contributed by atoms with Crippen LogP contribution in [0.25, 0.3) is 0 Å². The van der Waals surface area contributed by atoms with E-state index in [1.807, 2.05) is 4.72 Å². The van der Waals surface area contributed by atoms with E-state index in [0.717, 1.165) is 0 Å². The van der Waals surface area contributed by atoms with E-state index in [2.05, 4.69) is 0 Å². The van der Waals surface area contributed by atoms with Gasteiger partial charge in [0.05, 0.1) is 0 Å². The van der Waals surface area contributed by atoms with E-state index in [-0.39, 0.29) is 6.42 Å². The van der Waals surface area contributed by atoms with E-state index in [1.54, 1.807) is 6.92 Å². The van der Waals surface area contributed by atoms with Gasteiger partial charge >= 0.3 is 5.97 Å². The molecule has 0 aromatic rings. The maximum absolute atomic E-state index is 10.1. The summed E-state index contributed by atoms with van der Waals surface area (Å²) in [5, 5.41) is 8.29. The number of carbonyl (C=O) groups is 1. The van der Waals surface area contributed by atoms with Crippen LogP contribution in [0, 0.1) is 0 Å². The average molecular weight is 166 g/mol. The molecule has 10 heavy (non-hydrogen) atoms. The smallest absolute Gasteiger partial charge is 0.321 e. The first kappa shape index (κ1) is 9.54. The normalized spacial score (nSPS) is 16.2. The second-order valence-electron chi connectivity index (χ2n) is 1.65. The zero-order valence-corrected chi connectivity index (χ0v) is 6.18. The van der Waals surface area contributed by atoms with Crippen LogP contribution < -0.4 is 4.72 Å². The third-order valence-electron chi connectivity index (χ3n) is 0.945. The van der Waals surface area contributed by atoms with Gasteiger partial charge < -0.3 is 9.66 Å². The molecule has 0 aliphatic carbocycles. The minimum Gasteiger partial charge on any atom is -0.760 e. The summed E-state index contributed by atoms with van der Waals surface area (Å²) in [7, 11) is 0. The van der Waals surface area contributed by atoms with E-state index in [4.69, 9.17) is 5.11 Å². The van der Waals surface area contributed by atoms with Crippen molar-refractivity contribution in [3.8, 4) is 0 Å². The molecule has 2 N–H and O–H groups in total. The number of rotatable bonds is 4. The Morgan fingerprint density at radius 3 is 2.50 bits per heavy atom. The highest BCUT2D eigenvalue weighted by Crippen LogP contribution is 1.90. The Morgan fingerprint density at radius 1 is 1.90 bits per heavy atom. The predicted octanol–water partition coefficient (Wildman–Crippen LogP) is -0.767. The summed E-state index contributed by atoms with van der Waals surface area (Å²) in [6.07, 6.45) is 0.239. The molecule has 0 aliphatic rings. The molecule has 2 unspecified atom stereocenters. The summed E-state index contributed by atoms with van der Waals surface area (Å²) < 4.78 is 21.6. The highest BCUT2D eigenvalue weighted by atomic mass is 32.2. The van der Waals surface area contributed by atoms with Crippen molar-refractivity contribution in [2.45, 2.75) is 19.4 Å². The fourth-order valence-electron chi connectivity index (χ4n) is 0.425. The molecule has 2 atom stereocenters. The van der Waals surface area contributed by atoms with E-state index < -0.39 is 23.3 Å². The van der Waals surface area contributed by atoms with Crippen LogP contribution in [-0.2, 0) is 16.1 Å². The van der Waals surface area contributed by atoms with Crippen LogP contribution in [0.15, 0.2) is 0 Å². The number of carboxylic acids is 1. The largest absolute Gasteiger partial charge is 0.760 e. The molecule has 0 aromatic carbocycles. The molecule has 0 spiro atoms. The van der Waals surface area contributed by atoms with E-state index in [0.29, 0.717) is 0 Å². The molecule has 0 rings (SSSR count). The van der Waals surface area contributed by atoms with Crippen LogP contribution in [0.1, 0.15) is 13.3 Å². The standard InChI is InChI=1S/C4H9NO4S/c1-2-3(4(6)7)5-10(8)9/h3,5H,2H2,1H3,(H,6,7)(H,8,9)/p-1. The summed E-state index contributed by atoms with van der Waals surface area (Å²) in [6.45, 7) is 1.58. The van der Waals surface area contributed by atoms with Crippen LogP contribution >= 0.6 is 0 Å². The Bertz CT molecular complexity index is 148. The van der Waals surface area contributed by atoms with Crippen molar-refractivity contribution in [2.75, 3.05) is 0 Å². The Labute approximate surface area is 60.9 Å². The van der Waals surface area contributed by atoms with Crippen molar-refractivity contribution in [3.63, 3.8) is 0 Å². The van der Waals surface area contributed by atoms with Gasteiger partial charge in [-0.05, 0) is 6.42 Å². The molecule has 0 heterocycles. The SMILES string of the molecule is CCC(NS(=O)[O-])C(=O)O. The zero-order valence-electron chi connectivity index (χ0n) is 5.36. The molecular weight excluding hydrogens is 158 g/mol. The molecule has 0 bridgehead atoms. The van der Waals surface area contributed by atoms with Crippen LogP contribution in [-0.4, -0.2) is 25.9 Å². The zero-order chi connectivity index (χ0) is 8.15. The summed E-state index contributed by atoms with van der Waals surface area (Å²) in [5.41, 5.74) is 0. The Balaban J connectivity index is 3.83. The molecular formula is C4H8NO4S-. The van der Waals surface area contributed by atoms with Crippen molar-refractivity contribution in [1.82, 2.24) is 4.72 Å². The molecule has 0 aliphatic heterocycles. The summed E-state index contributed by atoms with van der Waals surface area (Å²) >= 11 is -2.50. The maximum Gasteiger partial charge on any atom is 0.321 e. The lowest BCUT2D eigenvalue weighted by Gasteiger charge is -2.12. The van der Waals surface area contributed by atoms with Gasteiger partial charge in [0.2, 0.25) is 0 Å². The second-order valence-corrected chi connectivity index (χ2v) is 2.36. The van der Waals surface area contributed by atoms with Gasteiger partial charge in [0.25, 0.3) is 0 Å². The molecule has 5 nitrogen and oxygen atoms in total. The lowest BCUT2D eigenvalue weighted by Crippen LogP contribution is -2.36. The topological polar surface area (TPSA) is 89.5 Å².